The highest BCUT2D eigenvalue weighted by Gasteiger charge is 2.07. The molecule has 0 spiro atoms. The number of phenols is 1. The highest BCUT2D eigenvalue weighted by Crippen LogP contribution is 2.24. The average Bonchev–Trinajstić information content (AvgIpc) is 2.30. The van der Waals surface area contributed by atoms with E-state index in [0.29, 0.717) is 18.8 Å². The molecule has 0 radical (unpaired) electrons. The molecule has 0 aliphatic heterocycles. The largest absolute Gasteiger partial charge is 0.507 e. The molecule has 1 aromatic carbocycles. The maximum absolute atomic E-state index is 9.77. The molecule has 0 saturated heterocycles. The van der Waals surface area contributed by atoms with Crippen molar-refractivity contribution in [2.75, 3.05) is 26.8 Å². The number of hydrogen-bond donors (Lipinski definition) is 2. The summed E-state index contributed by atoms with van der Waals surface area (Å²) in [6, 6.07) is 5.26. The lowest BCUT2D eigenvalue weighted by Crippen LogP contribution is -2.26. The summed E-state index contributed by atoms with van der Waals surface area (Å²) in [5.41, 5.74) is 0.844. The van der Waals surface area contributed by atoms with E-state index in [1.807, 2.05) is 19.1 Å². The Morgan fingerprint density at radius 3 is 2.62 bits per heavy atom. The summed E-state index contributed by atoms with van der Waals surface area (Å²) in [6.45, 7) is 4.24. The van der Waals surface area contributed by atoms with Gasteiger partial charge in [0.05, 0.1) is 13.7 Å². The second kappa shape index (κ2) is 6.35. The molecule has 0 bridgehead atoms. The molecule has 0 atom stereocenters. The number of hydrogen-bond acceptors (Lipinski definition) is 4. The van der Waals surface area contributed by atoms with E-state index < -0.39 is 0 Å². The summed E-state index contributed by atoms with van der Waals surface area (Å²) in [6.07, 6.45) is 0. The van der Waals surface area contributed by atoms with E-state index in [9.17, 15) is 5.11 Å². The third-order valence-electron chi connectivity index (χ3n) is 2.55. The lowest BCUT2D eigenvalue weighted by atomic mass is 10.1. The van der Waals surface area contributed by atoms with Gasteiger partial charge in [-0.25, -0.2) is 0 Å². The van der Waals surface area contributed by atoms with Crippen molar-refractivity contribution in [2.24, 2.45) is 0 Å². The van der Waals surface area contributed by atoms with Crippen LogP contribution in [0, 0.1) is 0 Å². The zero-order valence-electron chi connectivity index (χ0n) is 9.81. The van der Waals surface area contributed by atoms with Crippen LogP contribution in [0.5, 0.6) is 11.5 Å². The number of phenolic OH excluding ortho intramolecular Hbond substituents is 1. The topological polar surface area (TPSA) is 52.9 Å². The Morgan fingerprint density at radius 2 is 2.12 bits per heavy atom. The van der Waals surface area contributed by atoms with Gasteiger partial charge in [0, 0.05) is 24.7 Å². The van der Waals surface area contributed by atoms with Crippen LogP contribution in [-0.4, -0.2) is 41.9 Å². The van der Waals surface area contributed by atoms with Crippen molar-refractivity contribution < 1.29 is 14.9 Å². The number of benzene rings is 1. The Labute approximate surface area is 96.1 Å². The van der Waals surface area contributed by atoms with Gasteiger partial charge in [-0.1, -0.05) is 13.0 Å². The summed E-state index contributed by atoms with van der Waals surface area (Å²) in [7, 11) is 1.57. The molecule has 0 aliphatic rings. The van der Waals surface area contributed by atoms with Gasteiger partial charge < -0.3 is 14.9 Å². The van der Waals surface area contributed by atoms with Gasteiger partial charge >= 0.3 is 0 Å². The monoisotopic (exact) mass is 225 g/mol. The van der Waals surface area contributed by atoms with Gasteiger partial charge in [0.2, 0.25) is 0 Å². The van der Waals surface area contributed by atoms with E-state index in [2.05, 4.69) is 4.90 Å². The first-order valence-electron chi connectivity index (χ1n) is 5.40. The van der Waals surface area contributed by atoms with Crippen molar-refractivity contribution in [3.05, 3.63) is 23.8 Å². The fourth-order valence-electron chi connectivity index (χ4n) is 1.54. The quantitative estimate of drug-likeness (QED) is 0.764. The minimum Gasteiger partial charge on any atom is -0.507 e. The molecule has 4 heteroatoms. The van der Waals surface area contributed by atoms with E-state index in [-0.39, 0.29) is 12.4 Å². The van der Waals surface area contributed by atoms with Crippen LogP contribution in [0.4, 0.5) is 0 Å². The second-order valence-electron chi connectivity index (χ2n) is 3.59. The fourth-order valence-corrected chi connectivity index (χ4v) is 1.54. The number of rotatable bonds is 6. The van der Waals surface area contributed by atoms with E-state index >= 15 is 0 Å². The molecule has 0 aliphatic carbocycles. The number of methoxy groups -OCH3 is 1. The Morgan fingerprint density at radius 1 is 1.38 bits per heavy atom. The summed E-state index contributed by atoms with van der Waals surface area (Å²) < 4.78 is 5.02. The highest BCUT2D eigenvalue weighted by molar-refractivity contribution is 5.39. The fraction of sp³-hybridized carbons (Fsp3) is 0.500. The van der Waals surface area contributed by atoms with Crippen LogP contribution in [0.3, 0.4) is 0 Å². The van der Waals surface area contributed by atoms with Crippen molar-refractivity contribution in [3.8, 4) is 11.5 Å². The summed E-state index contributed by atoms with van der Waals surface area (Å²) >= 11 is 0. The molecular formula is C12H19NO3. The molecule has 0 amide bonds. The number of likely N-dealkylation sites (N-methyl/N-ethyl adjacent to an activating group) is 1. The Hall–Kier alpha value is -1.26. The van der Waals surface area contributed by atoms with Crippen molar-refractivity contribution in [3.63, 3.8) is 0 Å². The van der Waals surface area contributed by atoms with Crippen LogP contribution in [0.25, 0.3) is 0 Å². The number of nitrogens with zero attached hydrogens (tertiary/aromatic N) is 1. The first-order valence-corrected chi connectivity index (χ1v) is 5.40. The van der Waals surface area contributed by atoms with Crippen molar-refractivity contribution in [1.29, 1.82) is 0 Å². The smallest absolute Gasteiger partial charge is 0.123 e. The van der Waals surface area contributed by atoms with E-state index in [1.165, 1.54) is 0 Å². The second-order valence-corrected chi connectivity index (χ2v) is 3.59. The molecule has 90 valence electrons. The van der Waals surface area contributed by atoms with Gasteiger partial charge in [0.25, 0.3) is 0 Å². The lowest BCUT2D eigenvalue weighted by Gasteiger charge is -2.19. The van der Waals surface area contributed by atoms with Gasteiger partial charge in [-0.3, -0.25) is 4.90 Å². The van der Waals surface area contributed by atoms with Gasteiger partial charge in [-0.05, 0) is 12.6 Å². The summed E-state index contributed by atoms with van der Waals surface area (Å²) in [5, 5.41) is 18.6. The molecule has 0 heterocycles. The van der Waals surface area contributed by atoms with Crippen LogP contribution in [0.2, 0.25) is 0 Å². The van der Waals surface area contributed by atoms with Crippen molar-refractivity contribution in [2.45, 2.75) is 13.5 Å². The zero-order chi connectivity index (χ0) is 12.0. The molecule has 4 nitrogen and oxygen atoms in total. The number of aromatic hydroxyl groups is 1. The average molecular weight is 225 g/mol. The van der Waals surface area contributed by atoms with E-state index in [4.69, 9.17) is 9.84 Å². The van der Waals surface area contributed by atoms with E-state index in [1.54, 1.807) is 13.2 Å². The van der Waals surface area contributed by atoms with Crippen molar-refractivity contribution >= 4 is 0 Å². The SMILES string of the molecule is CCN(CCO)Cc1ccc(OC)cc1O. The maximum atomic E-state index is 9.77. The summed E-state index contributed by atoms with van der Waals surface area (Å²) in [4.78, 5) is 2.06. The molecule has 0 unspecified atom stereocenters. The molecule has 2 N–H and O–H groups in total. The van der Waals surface area contributed by atoms with Crippen LogP contribution in [0.1, 0.15) is 12.5 Å². The number of aliphatic hydroxyl groups is 1. The Kier molecular flexibility index (Phi) is 5.08. The first-order chi connectivity index (χ1) is 7.71. The minimum absolute atomic E-state index is 0.130. The normalized spacial score (nSPS) is 10.8. The van der Waals surface area contributed by atoms with E-state index in [0.717, 1.165) is 12.1 Å². The Balaban J connectivity index is 2.72. The first kappa shape index (κ1) is 12.8. The standard InChI is InChI=1S/C12H19NO3/c1-3-13(6-7-14)9-10-4-5-11(16-2)8-12(10)15/h4-5,8,14-15H,3,6-7,9H2,1-2H3. The van der Waals surface area contributed by atoms with Crippen LogP contribution in [0.15, 0.2) is 18.2 Å². The lowest BCUT2D eigenvalue weighted by molar-refractivity contribution is 0.195. The van der Waals surface area contributed by atoms with Crippen molar-refractivity contribution in [1.82, 2.24) is 4.90 Å². The Bertz CT molecular complexity index is 328. The molecule has 1 rings (SSSR count). The van der Waals surface area contributed by atoms with Gasteiger partial charge in [-0.15, -0.1) is 0 Å². The molecule has 16 heavy (non-hydrogen) atoms. The summed E-state index contributed by atoms with van der Waals surface area (Å²) in [5.74, 6) is 0.877. The third kappa shape index (κ3) is 3.40. The number of ether oxygens (including phenoxy) is 1. The van der Waals surface area contributed by atoms with Crippen LogP contribution in [-0.2, 0) is 6.54 Å². The number of aliphatic hydroxyl groups excluding tert-OH is 1. The molecule has 1 aromatic rings. The van der Waals surface area contributed by atoms with Crippen LogP contribution < -0.4 is 4.74 Å². The van der Waals surface area contributed by atoms with Gasteiger partial charge in [0.15, 0.2) is 0 Å². The minimum atomic E-state index is 0.130. The predicted molar refractivity (Wildman–Crippen MR) is 62.7 cm³/mol. The maximum Gasteiger partial charge on any atom is 0.123 e. The molecule has 0 fully saturated rings. The molecule has 0 saturated carbocycles. The highest BCUT2D eigenvalue weighted by atomic mass is 16.5. The van der Waals surface area contributed by atoms with Gasteiger partial charge in [0.1, 0.15) is 11.5 Å². The zero-order valence-corrected chi connectivity index (χ0v) is 9.81. The third-order valence-corrected chi connectivity index (χ3v) is 2.55. The predicted octanol–water partition coefficient (Wildman–Crippen LogP) is 1.21. The molecular weight excluding hydrogens is 206 g/mol. The van der Waals surface area contributed by atoms with Crippen LogP contribution >= 0.6 is 0 Å². The van der Waals surface area contributed by atoms with Gasteiger partial charge in [-0.2, -0.15) is 0 Å². The molecule has 0 aromatic heterocycles.